The molecule has 1 saturated carbocycles. The molecule has 0 aromatic carbocycles. The summed E-state index contributed by atoms with van der Waals surface area (Å²) in [4.78, 5) is 6.85. The van der Waals surface area contributed by atoms with E-state index in [1.165, 1.54) is 12.8 Å². The average molecular weight is 250 g/mol. The third-order valence-electron chi connectivity index (χ3n) is 3.65. The van der Waals surface area contributed by atoms with Crippen molar-refractivity contribution in [1.29, 1.82) is 0 Å². The first-order valence-electron chi connectivity index (χ1n) is 7.00. The van der Waals surface area contributed by atoms with Crippen molar-refractivity contribution in [2.45, 2.75) is 25.3 Å². The molecule has 1 aliphatic heterocycles. The van der Waals surface area contributed by atoms with Crippen LogP contribution in [0.3, 0.4) is 0 Å². The van der Waals surface area contributed by atoms with Crippen LogP contribution in [0.1, 0.15) is 25.3 Å². The Morgan fingerprint density at radius 1 is 1.33 bits per heavy atom. The number of imidazole rings is 1. The van der Waals surface area contributed by atoms with Gasteiger partial charge in [0.05, 0.1) is 13.2 Å². The predicted molar refractivity (Wildman–Crippen MR) is 70.9 cm³/mol. The van der Waals surface area contributed by atoms with Gasteiger partial charge < -0.3 is 14.6 Å². The van der Waals surface area contributed by atoms with E-state index in [0.29, 0.717) is 6.04 Å². The van der Waals surface area contributed by atoms with E-state index in [-0.39, 0.29) is 0 Å². The smallest absolute Gasteiger partial charge is 0.203 e. The summed E-state index contributed by atoms with van der Waals surface area (Å²) in [5, 5.41) is 3.45. The van der Waals surface area contributed by atoms with Crippen molar-refractivity contribution in [1.82, 2.24) is 14.5 Å². The zero-order valence-electron chi connectivity index (χ0n) is 10.8. The Morgan fingerprint density at radius 3 is 2.94 bits per heavy atom. The van der Waals surface area contributed by atoms with Crippen molar-refractivity contribution < 1.29 is 4.74 Å². The molecule has 1 aliphatic carbocycles. The molecule has 5 heteroatoms. The monoisotopic (exact) mass is 250 g/mol. The number of anilines is 1. The summed E-state index contributed by atoms with van der Waals surface area (Å²) in [5.74, 6) is 1.04. The van der Waals surface area contributed by atoms with E-state index < -0.39 is 0 Å². The lowest BCUT2D eigenvalue weighted by Crippen LogP contribution is -2.37. The van der Waals surface area contributed by atoms with Gasteiger partial charge in [-0.15, -0.1) is 0 Å². The van der Waals surface area contributed by atoms with Gasteiger partial charge in [-0.3, -0.25) is 4.90 Å². The van der Waals surface area contributed by atoms with Crippen molar-refractivity contribution in [3.05, 3.63) is 12.4 Å². The number of nitrogens with one attached hydrogen (secondary N) is 1. The fourth-order valence-corrected chi connectivity index (χ4v) is 2.42. The Hall–Kier alpha value is -1.07. The summed E-state index contributed by atoms with van der Waals surface area (Å²) in [7, 11) is 0. The van der Waals surface area contributed by atoms with Gasteiger partial charge in [0.25, 0.3) is 0 Å². The summed E-state index contributed by atoms with van der Waals surface area (Å²) in [6.07, 6.45) is 7.75. The van der Waals surface area contributed by atoms with Crippen LogP contribution in [0.5, 0.6) is 0 Å². The summed E-state index contributed by atoms with van der Waals surface area (Å²) >= 11 is 0. The average Bonchev–Trinajstić information content (AvgIpc) is 3.16. The second-order valence-corrected chi connectivity index (χ2v) is 5.12. The Kier molecular flexibility index (Phi) is 3.81. The van der Waals surface area contributed by atoms with Gasteiger partial charge in [-0.2, -0.15) is 0 Å². The van der Waals surface area contributed by atoms with Crippen LogP contribution in [-0.4, -0.2) is 53.8 Å². The van der Waals surface area contributed by atoms with Crippen molar-refractivity contribution in [3.8, 4) is 0 Å². The summed E-state index contributed by atoms with van der Waals surface area (Å²) in [5.41, 5.74) is 0. The topological polar surface area (TPSA) is 42.3 Å². The predicted octanol–water partition coefficient (Wildman–Crippen LogP) is 1.35. The highest BCUT2D eigenvalue weighted by Gasteiger charge is 2.25. The minimum atomic E-state index is 0.703. The molecule has 0 atom stereocenters. The van der Waals surface area contributed by atoms with E-state index in [1.54, 1.807) is 0 Å². The van der Waals surface area contributed by atoms with Crippen LogP contribution in [0.4, 0.5) is 5.95 Å². The molecule has 18 heavy (non-hydrogen) atoms. The highest BCUT2D eigenvalue weighted by molar-refractivity contribution is 5.27. The molecule has 1 aromatic heterocycles. The third-order valence-corrected chi connectivity index (χ3v) is 3.65. The number of hydrogen-bond donors (Lipinski definition) is 1. The maximum atomic E-state index is 5.34. The molecule has 2 fully saturated rings. The molecule has 0 spiro atoms. The molecule has 5 nitrogen and oxygen atoms in total. The third kappa shape index (κ3) is 3.03. The largest absolute Gasteiger partial charge is 0.379 e. The van der Waals surface area contributed by atoms with Crippen molar-refractivity contribution in [2.24, 2.45) is 0 Å². The van der Waals surface area contributed by atoms with Crippen LogP contribution in [0.15, 0.2) is 12.4 Å². The molecule has 0 radical (unpaired) electrons. The van der Waals surface area contributed by atoms with Crippen molar-refractivity contribution >= 4 is 5.95 Å². The lowest BCUT2D eigenvalue weighted by Gasteiger charge is -2.26. The molecule has 1 saturated heterocycles. The molecule has 0 amide bonds. The summed E-state index contributed by atoms with van der Waals surface area (Å²) < 4.78 is 7.62. The Balaban J connectivity index is 1.37. The fraction of sp³-hybridized carbons (Fsp3) is 0.769. The van der Waals surface area contributed by atoms with E-state index in [0.717, 1.165) is 51.8 Å². The van der Waals surface area contributed by atoms with E-state index >= 15 is 0 Å². The van der Waals surface area contributed by atoms with Crippen LogP contribution in [0.2, 0.25) is 0 Å². The van der Waals surface area contributed by atoms with Gasteiger partial charge in [-0.05, 0) is 25.8 Å². The quantitative estimate of drug-likeness (QED) is 0.774. The maximum absolute atomic E-state index is 5.34. The highest BCUT2D eigenvalue weighted by Crippen LogP contribution is 2.36. The Morgan fingerprint density at radius 2 is 2.17 bits per heavy atom. The molecule has 3 rings (SSSR count). The lowest BCUT2D eigenvalue weighted by atomic mass is 10.3. The number of rotatable bonds is 6. The second-order valence-electron chi connectivity index (χ2n) is 5.12. The van der Waals surface area contributed by atoms with Crippen LogP contribution < -0.4 is 5.32 Å². The van der Waals surface area contributed by atoms with Crippen LogP contribution in [0, 0.1) is 0 Å². The summed E-state index contributed by atoms with van der Waals surface area (Å²) in [6.45, 7) is 6.09. The van der Waals surface area contributed by atoms with E-state index in [1.807, 2.05) is 6.20 Å². The lowest BCUT2D eigenvalue weighted by molar-refractivity contribution is 0.0378. The number of morpholine rings is 1. The van der Waals surface area contributed by atoms with Gasteiger partial charge in [-0.25, -0.2) is 4.98 Å². The number of ether oxygens (including phenoxy) is 1. The first kappa shape index (κ1) is 12.0. The minimum Gasteiger partial charge on any atom is -0.379 e. The standard InChI is InChI=1S/C13H22N4O/c1(6-16-8-10-18-11-9-16)4-14-13-15-5-7-17(13)12-2-3-12/h5,7,12H,1-4,6,8-11H2,(H,14,15). The van der Waals surface area contributed by atoms with Crippen LogP contribution in [-0.2, 0) is 4.74 Å². The first-order chi connectivity index (χ1) is 8.93. The minimum absolute atomic E-state index is 0.703. The van der Waals surface area contributed by atoms with E-state index in [2.05, 4.69) is 26.0 Å². The van der Waals surface area contributed by atoms with Gasteiger partial charge in [0.2, 0.25) is 5.95 Å². The van der Waals surface area contributed by atoms with Gasteiger partial charge >= 0.3 is 0 Å². The first-order valence-corrected chi connectivity index (χ1v) is 7.00. The molecule has 1 N–H and O–H groups in total. The molecule has 0 bridgehead atoms. The van der Waals surface area contributed by atoms with E-state index in [9.17, 15) is 0 Å². The normalized spacial score (nSPS) is 21.1. The maximum Gasteiger partial charge on any atom is 0.203 e. The number of nitrogens with zero attached hydrogens (tertiary/aromatic N) is 3. The zero-order chi connectivity index (χ0) is 12.2. The van der Waals surface area contributed by atoms with Crippen molar-refractivity contribution in [3.63, 3.8) is 0 Å². The number of hydrogen-bond acceptors (Lipinski definition) is 4. The zero-order valence-corrected chi connectivity index (χ0v) is 10.8. The molecule has 0 unspecified atom stereocenters. The van der Waals surface area contributed by atoms with Gasteiger partial charge in [-0.1, -0.05) is 0 Å². The molecular weight excluding hydrogens is 228 g/mol. The highest BCUT2D eigenvalue weighted by atomic mass is 16.5. The number of aromatic nitrogens is 2. The molecule has 2 heterocycles. The molecule has 100 valence electrons. The Bertz CT molecular complexity index is 369. The van der Waals surface area contributed by atoms with E-state index in [4.69, 9.17) is 4.74 Å². The van der Waals surface area contributed by atoms with Gasteiger partial charge in [0.15, 0.2) is 0 Å². The van der Waals surface area contributed by atoms with Crippen LogP contribution >= 0.6 is 0 Å². The fourth-order valence-electron chi connectivity index (χ4n) is 2.42. The van der Waals surface area contributed by atoms with Gasteiger partial charge in [0, 0.05) is 38.1 Å². The molecular formula is C13H22N4O. The molecule has 1 aromatic rings. The van der Waals surface area contributed by atoms with Gasteiger partial charge in [0.1, 0.15) is 0 Å². The Labute approximate surface area is 108 Å². The molecule has 2 aliphatic rings. The van der Waals surface area contributed by atoms with Crippen molar-refractivity contribution in [2.75, 3.05) is 44.7 Å². The summed E-state index contributed by atoms with van der Waals surface area (Å²) in [6, 6.07) is 0.703. The second kappa shape index (κ2) is 5.71. The SMILES string of the molecule is c1cn(C2CC2)c(NCCCN2CCOCC2)n1. The van der Waals surface area contributed by atoms with Crippen LogP contribution in [0.25, 0.3) is 0 Å².